The van der Waals surface area contributed by atoms with Crippen LogP contribution in [0, 0.1) is 0 Å². The monoisotopic (exact) mass is 216 g/mol. The SMILES string of the molecule is O=c1[nH]cc(/C=C\Br)c(=O)[nH]1. The molecule has 0 aliphatic heterocycles. The van der Waals surface area contributed by atoms with Gasteiger partial charge < -0.3 is 4.98 Å². The van der Waals surface area contributed by atoms with Gasteiger partial charge in [0.05, 0.1) is 5.56 Å². The number of aromatic amines is 2. The van der Waals surface area contributed by atoms with Crippen LogP contribution in [0.5, 0.6) is 0 Å². The lowest BCUT2D eigenvalue weighted by Crippen LogP contribution is -2.22. The van der Waals surface area contributed by atoms with Crippen molar-refractivity contribution in [1.82, 2.24) is 9.97 Å². The van der Waals surface area contributed by atoms with E-state index in [9.17, 15) is 9.59 Å². The molecule has 0 bridgehead atoms. The molecule has 58 valence electrons. The minimum absolute atomic E-state index is 0.399. The van der Waals surface area contributed by atoms with Gasteiger partial charge in [0.15, 0.2) is 0 Å². The summed E-state index contributed by atoms with van der Waals surface area (Å²) in [6, 6.07) is 0. The third kappa shape index (κ3) is 1.91. The molecule has 0 saturated carbocycles. The van der Waals surface area contributed by atoms with Crippen molar-refractivity contribution in [3.8, 4) is 0 Å². The highest BCUT2D eigenvalue weighted by atomic mass is 79.9. The lowest BCUT2D eigenvalue weighted by Gasteiger charge is -1.87. The zero-order chi connectivity index (χ0) is 8.27. The number of hydrogen-bond donors (Lipinski definition) is 2. The van der Waals surface area contributed by atoms with Crippen LogP contribution < -0.4 is 11.2 Å². The lowest BCUT2D eigenvalue weighted by atomic mass is 10.3. The van der Waals surface area contributed by atoms with Crippen molar-refractivity contribution in [3.05, 3.63) is 37.6 Å². The molecular formula is C6H5BrN2O2. The Morgan fingerprint density at radius 1 is 1.45 bits per heavy atom. The molecule has 0 unspecified atom stereocenters. The first-order valence-corrected chi connectivity index (χ1v) is 3.74. The molecule has 0 aliphatic carbocycles. The van der Waals surface area contributed by atoms with Gasteiger partial charge in [-0.1, -0.05) is 15.9 Å². The highest BCUT2D eigenvalue weighted by molar-refractivity contribution is 9.11. The fourth-order valence-corrected chi connectivity index (χ4v) is 0.897. The summed E-state index contributed by atoms with van der Waals surface area (Å²) < 4.78 is 0. The maximum absolute atomic E-state index is 10.9. The molecule has 2 N–H and O–H groups in total. The van der Waals surface area contributed by atoms with Crippen LogP contribution in [0.1, 0.15) is 5.56 Å². The Morgan fingerprint density at radius 2 is 2.18 bits per heavy atom. The van der Waals surface area contributed by atoms with Crippen LogP contribution >= 0.6 is 15.9 Å². The van der Waals surface area contributed by atoms with Gasteiger partial charge in [-0.15, -0.1) is 0 Å². The van der Waals surface area contributed by atoms with Gasteiger partial charge in [0.25, 0.3) is 5.56 Å². The summed E-state index contributed by atoms with van der Waals surface area (Å²) in [6.45, 7) is 0. The summed E-state index contributed by atoms with van der Waals surface area (Å²) in [5.41, 5.74) is -0.493. The van der Waals surface area contributed by atoms with Gasteiger partial charge in [-0.2, -0.15) is 0 Å². The topological polar surface area (TPSA) is 65.7 Å². The van der Waals surface area contributed by atoms with Crippen molar-refractivity contribution >= 4 is 22.0 Å². The number of hydrogen-bond acceptors (Lipinski definition) is 2. The molecular weight excluding hydrogens is 212 g/mol. The van der Waals surface area contributed by atoms with E-state index in [-0.39, 0.29) is 0 Å². The first-order valence-electron chi connectivity index (χ1n) is 2.83. The number of halogens is 1. The van der Waals surface area contributed by atoms with E-state index in [4.69, 9.17) is 0 Å². The Hall–Kier alpha value is -1.10. The average molecular weight is 217 g/mol. The Balaban J connectivity index is 3.31. The predicted octanol–water partition coefficient (Wildman–Crippen LogP) is 0.429. The fourth-order valence-electron chi connectivity index (χ4n) is 0.612. The molecule has 1 heterocycles. The van der Waals surface area contributed by atoms with Crippen LogP contribution in [-0.2, 0) is 0 Å². The smallest absolute Gasteiger partial charge is 0.314 e. The standard InChI is InChI=1S/C6H5BrN2O2/c7-2-1-4-3-8-6(11)9-5(4)10/h1-3H,(H2,8,9,10,11)/b2-1-. The van der Waals surface area contributed by atoms with E-state index in [2.05, 4.69) is 25.9 Å². The molecule has 0 saturated heterocycles. The van der Waals surface area contributed by atoms with Gasteiger partial charge >= 0.3 is 5.69 Å². The van der Waals surface area contributed by atoms with Gasteiger partial charge in [-0.3, -0.25) is 9.78 Å². The Bertz CT molecular complexity index is 377. The molecule has 1 aromatic rings. The number of H-pyrrole nitrogens is 2. The van der Waals surface area contributed by atoms with Gasteiger partial charge in [0, 0.05) is 6.20 Å². The molecule has 0 aromatic carbocycles. The maximum atomic E-state index is 10.9. The van der Waals surface area contributed by atoms with Crippen LogP contribution in [0.3, 0.4) is 0 Å². The zero-order valence-electron chi connectivity index (χ0n) is 5.43. The molecule has 1 aromatic heterocycles. The van der Waals surface area contributed by atoms with Crippen molar-refractivity contribution < 1.29 is 0 Å². The van der Waals surface area contributed by atoms with Gasteiger partial charge in [-0.25, -0.2) is 4.79 Å². The van der Waals surface area contributed by atoms with Crippen LogP contribution in [0.4, 0.5) is 0 Å². The summed E-state index contributed by atoms with van der Waals surface area (Å²) in [4.78, 5) is 27.3. The summed E-state index contributed by atoms with van der Waals surface area (Å²) in [5.74, 6) is 0. The third-order valence-electron chi connectivity index (χ3n) is 1.09. The van der Waals surface area contributed by atoms with Crippen LogP contribution in [-0.4, -0.2) is 9.97 Å². The molecule has 0 amide bonds. The fraction of sp³-hybridized carbons (Fsp3) is 0. The molecule has 4 nitrogen and oxygen atoms in total. The van der Waals surface area contributed by atoms with Crippen molar-refractivity contribution in [1.29, 1.82) is 0 Å². The summed E-state index contributed by atoms with van der Waals surface area (Å²) in [6.07, 6.45) is 2.88. The second-order valence-electron chi connectivity index (χ2n) is 1.82. The summed E-state index contributed by atoms with van der Waals surface area (Å²) >= 11 is 3.01. The number of nitrogens with one attached hydrogen (secondary N) is 2. The summed E-state index contributed by atoms with van der Waals surface area (Å²) in [5, 5.41) is 0. The molecule has 0 spiro atoms. The van der Waals surface area contributed by atoms with E-state index in [1.54, 1.807) is 0 Å². The van der Waals surface area contributed by atoms with Gasteiger partial charge in [0.1, 0.15) is 0 Å². The van der Waals surface area contributed by atoms with E-state index in [0.29, 0.717) is 5.56 Å². The largest absolute Gasteiger partial charge is 0.325 e. The molecule has 0 fully saturated rings. The molecule has 11 heavy (non-hydrogen) atoms. The van der Waals surface area contributed by atoms with E-state index in [0.717, 1.165) is 0 Å². The second-order valence-corrected chi connectivity index (χ2v) is 2.35. The first kappa shape index (κ1) is 8.00. The second kappa shape index (κ2) is 3.34. The van der Waals surface area contributed by atoms with Crippen molar-refractivity contribution in [2.45, 2.75) is 0 Å². The molecule has 5 heteroatoms. The highest BCUT2D eigenvalue weighted by Crippen LogP contribution is 1.92. The van der Waals surface area contributed by atoms with E-state index in [1.807, 2.05) is 0 Å². The average Bonchev–Trinajstić information content (AvgIpc) is 1.95. The molecule has 0 atom stereocenters. The Morgan fingerprint density at radius 3 is 2.73 bits per heavy atom. The number of aromatic nitrogens is 2. The Labute approximate surface area is 70.1 Å². The number of rotatable bonds is 1. The highest BCUT2D eigenvalue weighted by Gasteiger charge is 1.92. The van der Waals surface area contributed by atoms with E-state index >= 15 is 0 Å². The molecule has 0 aliphatic rings. The van der Waals surface area contributed by atoms with E-state index in [1.165, 1.54) is 17.3 Å². The third-order valence-corrected chi connectivity index (χ3v) is 1.35. The Kier molecular flexibility index (Phi) is 2.43. The molecule has 0 radical (unpaired) electrons. The molecule has 1 rings (SSSR count). The van der Waals surface area contributed by atoms with Crippen molar-refractivity contribution in [3.63, 3.8) is 0 Å². The van der Waals surface area contributed by atoms with Crippen molar-refractivity contribution in [2.75, 3.05) is 0 Å². The van der Waals surface area contributed by atoms with Crippen LogP contribution in [0.2, 0.25) is 0 Å². The van der Waals surface area contributed by atoms with Gasteiger partial charge in [-0.05, 0) is 11.1 Å². The van der Waals surface area contributed by atoms with Gasteiger partial charge in [0.2, 0.25) is 0 Å². The predicted molar refractivity (Wildman–Crippen MR) is 45.6 cm³/mol. The van der Waals surface area contributed by atoms with Crippen LogP contribution in [0.25, 0.3) is 6.08 Å². The van der Waals surface area contributed by atoms with Crippen LogP contribution in [0.15, 0.2) is 20.8 Å². The first-order chi connectivity index (χ1) is 5.24. The quantitative estimate of drug-likeness (QED) is 0.716. The lowest BCUT2D eigenvalue weighted by molar-refractivity contribution is 1.03. The summed E-state index contributed by atoms with van der Waals surface area (Å²) in [7, 11) is 0. The van der Waals surface area contributed by atoms with E-state index < -0.39 is 11.2 Å². The maximum Gasteiger partial charge on any atom is 0.325 e. The normalized spacial score (nSPS) is 10.6. The minimum atomic E-state index is -0.498. The zero-order valence-corrected chi connectivity index (χ0v) is 7.01. The minimum Gasteiger partial charge on any atom is -0.314 e. The van der Waals surface area contributed by atoms with Crippen molar-refractivity contribution in [2.24, 2.45) is 0 Å².